The van der Waals surface area contributed by atoms with Crippen molar-refractivity contribution in [1.29, 1.82) is 0 Å². The Bertz CT molecular complexity index is 664. The number of para-hydroxylation sites is 1. The van der Waals surface area contributed by atoms with Crippen LogP contribution < -0.4 is 10.1 Å². The first-order chi connectivity index (χ1) is 11.2. The summed E-state index contributed by atoms with van der Waals surface area (Å²) >= 11 is 0. The predicted octanol–water partition coefficient (Wildman–Crippen LogP) is 3.68. The van der Waals surface area contributed by atoms with Crippen LogP contribution in [0.15, 0.2) is 57.0 Å². The second-order valence-corrected chi connectivity index (χ2v) is 4.86. The zero-order valence-electron chi connectivity index (χ0n) is 13.0. The largest absolute Gasteiger partial charge is 0.493 e. The number of rotatable bonds is 7. The van der Waals surface area contributed by atoms with Crippen molar-refractivity contribution in [1.82, 2.24) is 5.32 Å². The topological polar surface area (TPSA) is 87.8 Å². The smallest absolute Gasteiger partial charge is 0.365 e. The van der Waals surface area contributed by atoms with Gasteiger partial charge in [-0.25, -0.2) is 4.79 Å². The summed E-state index contributed by atoms with van der Waals surface area (Å²) in [6, 6.07) is 6.97. The van der Waals surface area contributed by atoms with Crippen molar-refractivity contribution in [2.75, 3.05) is 6.61 Å². The number of nitrogens with one attached hydrogen (secondary N) is 1. The van der Waals surface area contributed by atoms with Gasteiger partial charge in [0.05, 0.1) is 12.8 Å². The van der Waals surface area contributed by atoms with Crippen LogP contribution in [-0.4, -0.2) is 24.7 Å². The Morgan fingerprint density at radius 1 is 1.30 bits per heavy atom. The Hall–Kier alpha value is -2.83. The molecule has 0 aliphatic carbocycles. The van der Waals surface area contributed by atoms with Crippen LogP contribution in [0.3, 0.4) is 0 Å². The molecule has 0 atom stereocenters. The fourth-order valence-corrected chi connectivity index (χ4v) is 1.84. The number of amidine groups is 1. The van der Waals surface area contributed by atoms with Crippen LogP contribution in [0.1, 0.15) is 31.7 Å². The van der Waals surface area contributed by atoms with Crippen molar-refractivity contribution < 1.29 is 9.53 Å². The van der Waals surface area contributed by atoms with E-state index in [2.05, 4.69) is 39.3 Å². The Labute approximate surface area is 134 Å². The van der Waals surface area contributed by atoms with Gasteiger partial charge in [0.15, 0.2) is 5.84 Å². The number of nitrogens with zero attached hydrogens (tertiary/aromatic N) is 4. The summed E-state index contributed by atoms with van der Waals surface area (Å²) in [6.07, 6.45) is 4.87. The number of urea groups is 1. The molecule has 0 spiro atoms. The lowest BCUT2D eigenvalue weighted by Crippen LogP contribution is -2.31. The Balaban J connectivity index is 2.03. The molecule has 0 bridgehead atoms. The van der Waals surface area contributed by atoms with E-state index in [1.807, 2.05) is 24.3 Å². The summed E-state index contributed by atoms with van der Waals surface area (Å²) in [7, 11) is 0. The number of carbonyl (C=O) groups is 1. The van der Waals surface area contributed by atoms with Gasteiger partial charge in [0.2, 0.25) is 0 Å². The molecule has 1 aliphatic heterocycles. The number of hydrogen-bond acceptors (Lipinski definition) is 5. The van der Waals surface area contributed by atoms with E-state index in [4.69, 9.17) is 4.74 Å². The van der Waals surface area contributed by atoms with Crippen LogP contribution in [-0.2, 0) is 0 Å². The molecular weight excluding hydrogens is 294 g/mol. The number of azo groups is 1. The monoisotopic (exact) mass is 313 g/mol. The van der Waals surface area contributed by atoms with E-state index in [1.165, 1.54) is 0 Å². The molecule has 7 heteroatoms. The number of amides is 2. The zero-order valence-corrected chi connectivity index (χ0v) is 13.0. The summed E-state index contributed by atoms with van der Waals surface area (Å²) in [5, 5.41) is 17.2. The van der Waals surface area contributed by atoms with Crippen molar-refractivity contribution in [3.05, 3.63) is 42.1 Å². The molecule has 1 aliphatic rings. The number of unbranched alkanes of at least 4 members (excludes halogenated alkanes) is 2. The number of benzene rings is 1. The van der Waals surface area contributed by atoms with E-state index in [9.17, 15) is 4.79 Å². The maximum atomic E-state index is 11.1. The SMILES string of the molecule is C=C1N=NC(=O)N/C1=N\N=C\c1ccccc1OCCCCC. The zero-order chi connectivity index (χ0) is 16.5. The highest BCUT2D eigenvalue weighted by Gasteiger charge is 2.14. The van der Waals surface area contributed by atoms with Gasteiger partial charge < -0.3 is 4.74 Å². The first-order valence-electron chi connectivity index (χ1n) is 7.45. The van der Waals surface area contributed by atoms with Crippen LogP contribution in [0.25, 0.3) is 0 Å². The molecule has 120 valence electrons. The second-order valence-electron chi connectivity index (χ2n) is 4.86. The van der Waals surface area contributed by atoms with Gasteiger partial charge >= 0.3 is 6.03 Å². The number of carbonyl (C=O) groups excluding carboxylic acids is 1. The summed E-state index contributed by atoms with van der Waals surface area (Å²) in [5.74, 6) is 0.932. The third kappa shape index (κ3) is 5.14. The molecule has 1 heterocycles. The highest BCUT2D eigenvalue weighted by atomic mass is 16.5. The van der Waals surface area contributed by atoms with Crippen LogP contribution in [0.4, 0.5) is 4.79 Å². The molecule has 0 saturated carbocycles. The summed E-state index contributed by atoms with van der Waals surface area (Å²) in [4.78, 5) is 11.1. The average Bonchev–Trinajstić information content (AvgIpc) is 2.56. The van der Waals surface area contributed by atoms with Crippen LogP contribution >= 0.6 is 0 Å². The minimum absolute atomic E-state index is 0.183. The summed E-state index contributed by atoms with van der Waals surface area (Å²) in [6.45, 7) is 6.44. The molecule has 0 radical (unpaired) electrons. The van der Waals surface area contributed by atoms with Crippen molar-refractivity contribution in [2.24, 2.45) is 20.4 Å². The standard InChI is InChI=1S/C16H19N5O2/c1-3-4-7-10-23-14-9-6-5-8-13(14)11-17-20-15-12(2)19-21-16(22)18-15/h5-6,8-9,11H,2-4,7,10H2,1H3,(H,18,20,22)/b17-11+. The molecular formula is C16H19N5O2. The lowest BCUT2D eigenvalue weighted by atomic mass is 10.2. The molecule has 0 aromatic heterocycles. The van der Waals surface area contributed by atoms with Gasteiger partial charge in [0.25, 0.3) is 0 Å². The van der Waals surface area contributed by atoms with Crippen LogP contribution in [0.5, 0.6) is 5.75 Å². The van der Waals surface area contributed by atoms with Gasteiger partial charge in [-0.1, -0.05) is 43.6 Å². The molecule has 1 aromatic rings. The minimum atomic E-state index is -0.592. The van der Waals surface area contributed by atoms with Crippen molar-refractivity contribution in [2.45, 2.75) is 26.2 Å². The van der Waals surface area contributed by atoms with Crippen molar-refractivity contribution >= 4 is 18.1 Å². The highest BCUT2D eigenvalue weighted by molar-refractivity contribution is 6.08. The van der Waals surface area contributed by atoms with E-state index >= 15 is 0 Å². The molecule has 0 unspecified atom stereocenters. The molecule has 2 amide bonds. The van der Waals surface area contributed by atoms with Gasteiger partial charge in [-0.2, -0.15) is 5.10 Å². The lowest BCUT2D eigenvalue weighted by molar-refractivity contribution is 0.251. The third-order valence-electron chi connectivity index (χ3n) is 3.04. The molecule has 2 rings (SSSR count). The van der Waals surface area contributed by atoms with E-state index < -0.39 is 6.03 Å². The predicted molar refractivity (Wildman–Crippen MR) is 89.0 cm³/mol. The first-order valence-corrected chi connectivity index (χ1v) is 7.45. The Morgan fingerprint density at radius 2 is 2.13 bits per heavy atom. The minimum Gasteiger partial charge on any atom is -0.493 e. The highest BCUT2D eigenvalue weighted by Crippen LogP contribution is 2.16. The van der Waals surface area contributed by atoms with Gasteiger partial charge in [-0.05, 0) is 18.6 Å². The third-order valence-corrected chi connectivity index (χ3v) is 3.04. The maximum Gasteiger partial charge on any atom is 0.365 e. The second kappa shape index (κ2) is 8.57. The average molecular weight is 313 g/mol. The van der Waals surface area contributed by atoms with Crippen LogP contribution in [0.2, 0.25) is 0 Å². The van der Waals surface area contributed by atoms with E-state index in [-0.39, 0.29) is 11.5 Å². The van der Waals surface area contributed by atoms with Crippen molar-refractivity contribution in [3.63, 3.8) is 0 Å². The molecule has 0 fully saturated rings. The molecule has 1 N–H and O–H groups in total. The molecule has 0 saturated heterocycles. The molecule has 23 heavy (non-hydrogen) atoms. The first kappa shape index (κ1) is 16.5. The lowest BCUT2D eigenvalue weighted by Gasteiger charge is -2.08. The maximum absolute atomic E-state index is 11.1. The Morgan fingerprint density at radius 3 is 2.96 bits per heavy atom. The molecule has 7 nitrogen and oxygen atoms in total. The quantitative estimate of drug-likeness (QED) is 0.473. The van der Waals surface area contributed by atoms with Gasteiger partial charge in [-0.3, -0.25) is 5.32 Å². The number of hydrogen-bond donors (Lipinski definition) is 1. The van der Waals surface area contributed by atoms with E-state index in [0.29, 0.717) is 6.61 Å². The summed E-state index contributed by atoms with van der Waals surface area (Å²) < 4.78 is 5.76. The van der Waals surface area contributed by atoms with E-state index in [0.717, 1.165) is 30.6 Å². The number of ether oxygens (including phenoxy) is 1. The normalized spacial score (nSPS) is 16.1. The molecule has 1 aromatic carbocycles. The van der Waals surface area contributed by atoms with Gasteiger partial charge in [0.1, 0.15) is 11.4 Å². The van der Waals surface area contributed by atoms with Crippen molar-refractivity contribution in [3.8, 4) is 5.75 Å². The van der Waals surface area contributed by atoms with Gasteiger partial charge in [0, 0.05) is 5.56 Å². The Kier molecular flexibility index (Phi) is 6.17. The fourth-order valence-electron chi connectivity index (χ4n) is 1.84. The summed E-state index contributed by atoms with van der Waals surface area (Å²) in [5.41, 5.74) is 1.06. The fraction of sp³-hybridized carbons (Fsp3) is 0.312. The van der Waals surface area contributed by atoms with Crippen LogP contribution in [0, 0.1) is 0 Å². The van der Waals surface area contributed by atoms with Gasteiger partial charge in [-0.15, -0.1) is 10.2 Å². The van der Waals surface area contributed by atoms with E-state index in [1.54, 1.807) is 6.21 Å².